The smallest absolute Gasteiger partial charge is 0.349 e. The number of carbonyl (C=O) groups is 1. The van der Waals surface area contributed by atoms with Crippen LogP contribution >= 0.6 is 23.2 Å². The van der Waals surface area contributed by atoms with Gasteiger partial charge >= 0.3 is 5.97 Å². The van der Waals surface area contributed by atoms with Crippen molar-refractivity contribution >= 4 is 29.2 Å². The molecule has 0 spiro atoms. The van der Waals surface area contributed by atoms with E-state index in [-0.39, 0.29) is 23.3 Å². The van der Waals surface area contributed by atoms with Crippen LogP contribution in [0, 0.1) is 11.3 Å². The maximum absolute atomic E-state index is 12.4. The number of benzene rings is 3. The summed E-state index contributed by atoms with van der Waals surface area (Å²) in [7, 11) is 0. The highest BCUT2D eigenvalue weighted by atomic mass is 35.5. The van der Waals surface area contributed by atoms with Crippen molar-refractivity contribution in [3.63, 3.8) is 0 Å². The Balaban J connectivity index is 1.50. The molecule has 1 unspecified atom stereocenters. The van der Waals surface area contributed by atoms with Crippen LogP contribution in [0.2, 0.25) is 10.0 Å². The summed E-state index contributed by atoms with van der Waals surface area (Å²) in [5, 5.41) is 10.5. The molecular weight excluding hydrogens is 515 g/mol. The molecule has 1 aliphatic heterocycles. The molecule has 3 aromatic carbocycles. The van der Waals surface area contributed by atoms with Gasteiger partial charge in [0.1, 0.15) is 34.6 Å². The molecule has 37 heavy (non-hydrogen) atoms. The Morgan fingerprint density at radius 2 is 1.81 bits per heavy atom. The molecule has 0 aromatic heterocycles. The van der Waals surface area contributed by atoms with Gasteiger partial charge in [-0.25, -0.2) is 4.79 Å². The molecule has 190 valence electrons. The second-order valence-corrected chi connectivity index (χ2v) is 9.08. The van der Waals surface area contributed by atoms with Crippen molar-refractivity contribution < 1.29 is 23.7 Å². The Kier molecular flexibility index (Phi) is 8.44. The van der Waals surface area contributed by atoms with Crippen molar-refractivity contribution in [3.8, 4) is 29.1 Å². The number of rotatable bonds is 9. The third kappa shape index (κ3) is 6.29. The van der Waals surface area contributed by atoms with Crippen LogP contribution in [0.15, 0.2) is 72.1 Å². The zero-order valence-corrected chi connectivity index (χ0v) is 21.5. The van der Waals surface area contributed by atoms with Crippen LogP contribution in [-0.4, -0.2) is 19.2 Å². The first kappa shape index (κ1) is 26.2. The molecule has 0 saturated carbocycles. The maximum Gasteiger partial charge on any atom is 0.349 e. The number of nitrogens with zero attached hydrogens (tertiary/aromatic N) is 1. The van der Waals surface area contributed by atoms with Crippen molar-refractivity contribution in [1.82, 2.24) is 0 Å². The van der Waals surface area contributed by atoms with Crippen LogP contribution in [0.3, 0.4) is 0 Å². The van der Waals surface area contributed by atoms with Crippen molar-refractivity contribution in [3.05, 3.63) is 93.3 Å². The van der Waals surface area contributed by atoms with E-state index in [4.69, 9.17) is 47.9 Å². The van der Waals surface area contributed by atoms with Gasteiger partial charge in [-0.05, 0) is 48.4 Å². The minimum Gasteiger partial charge on any atom is -0.494 e. The fourth-order valence-electron chi connectivity index (χ4n) is 3.82. The molecular formula is C28H24Cl2N2O5. The lowest BCUT2D eigenvalue weighted by Crippen LogP contribution is -2.21. The molecule has 1 atom stereocenters. The second-order valence-electron chi connectivity index (χ2n) is 8.23. The third-order valence-electron chi connectivity index (χ3n) is 5.64. The Labute approximate surface area is 224 Å². The highest BCUT2D eigenvalue weighted by Crippen LogP contribution is 2.43. The summed E-state index contributed by atoms with van der Waals surface area (Å²) >= 11 is 11.9. The Morgan fingerprint density at radius 1 is 1.05 bits per heavy atom. The van der Waals surface area contributed by atoms with Crippen molar-refractivity contribution in [2.24, 2.45) is 5.73 Å². The number of halogens is 2. The number of allylic oxidation sites excluding steroid dienone is 1. The number of unbranched alkanes of at least 4 members (excludes halogenated alkanes) is 1. The van der Waals surface area contributed by atoms with E-state index in [1.165, 1.54) is 6.07 Å². The molecule has 0 saturated heterocycles. The van der Waals surface area contributed by atoms with Crippen LogP contribution in [-0.2, 0) is 4.79 Å². The van der Waals surface area contributed by atoms with Gasteiger partial charge in [0.05, 0.1) is 17.5 Å². The van der Waals surface area contributed by atoms with E-state index < -0.39 is 11.9 Å². The van der Waals surface area contributed by atoms with Crippen LogP contribution in [0.25, 0.3) is 0 Å². The third-order valence-corrected chi connectivity index (χ3v) is 6.17. The van der Waals surface area contributed by atoms with E-state index in [0.717, 1.165) is 29.7 Å². The first-order chi connectivity index (χ1) is 17.9. The molecule has 0 bridgehead atoms. The number of nitriles is 1. The number of hydrogen-bond acceptors (Lipinski definition) is 7. The average Bonchev–Trinajstić information content (AvgIpc) is 2.88. The van der Waals surface area contributed by atoms with E-state index >= 15 is 0 Å². The van der Waals surface area contributed by atoms with Crippen LogP contribution in [0.5, 0.6) is 23.0 Å². The number of fused-ring (bicyclic) bond motifs is 1. The molecule has 7 nitrogen and oxygen atoms in total. The Hall–Kier alpha value is -3.86. The van der Waals surface area contributed by atoms with E-state index in [2.05, 4.69) is 13.0 Å². The molecule has 3 aromatic rings. The predicted molar refractivity (Wildman–Crippen MR) is 140 cm³/mol. The molecule has 9 heteroatoms. The zero-order chi connectivity index (χ0) is 26.4. The molecule has 0 aliphatic carbocycles. The monoisotopic (exact) mass is 538 g/mol. The molecule has 2 N–H and O–H groups in total. The standard InChI is InChI=1S/C28H24Cl2N2O5/c1-2-3-12-34-19-7-4-17(5-8-19)27-21-10-9-20(14-25(21)37-28(32)22(27)15-31)36-26(33)16-35-24-11-6-18(29)13-23(24)30/h4-11,13-14,27H,2-3,12,16,32H2,1H3. The summed E-state index contributed by atoms with van der Waals surface area (Å²) in [5.41, 5.74) is 7.96. The first-order valence-electron chi connectivity index (χ1n) is 11.6. The van der Waals surface area contributed by atoms with Crippen molar-refractivity contribution in [1.29, 1.82) is 5.26 Å². The lowest BCUT2D eigenvalue weighted by Gasteiger charge is -2.26. The van der Waals surface area contributed by atoms with E-state index in [1.807, 2.05) is 24.3 Å². The molecule has 4 rings (SSSR count). The largest absolute Gasteiger partial charge is 0.494 e. The minimum atomic E-state index is -0.641. The van der Waals surface area contributed by atoms with Gasteiger partial charge in [0.25, 0.3) is 0 Å². The van der Waals surface area contributed by atoms with Crippen molar-refractivity contribution in [2.75, 3.05) is 13.2 Å². The summed E-state index contributed by atoms with van der Waals surface area (Å²) in [5.74, 6) is 0.592. The number of carbonyl (C=O) groups excluding carboxylic acids is 1. The van der Waals surface area contributed by atoms with E-state index in [9.17, 15) is 10.1 Å². The minimum absolute atomic E-state index is 0.00698. The Morgan fingerprint density at radius 3 is 2.51 bits per heavy atom. The summed E-state index contributed by atoms with van der Waals surface area (Å²) in [6.07, 6.45) is 2.02. The van der Waals surface area contributed by atoms with Gasteiger partial charge in [-0.1, -0.05) is 54.7 Å². The van der Waals surface area contributed by atoms with Crippen molar-refractivity contribution in [2.45, 2.75) is 25.7 Å². The number of hydrogen-bond donors (Lipinski definition) is 1. The average molecular weight is 539 g/mol. The van der Waals surface area contributed by atoms with Crippen LogP contribution in [0.1, 0.15) is 36.8 Å². The Bertz CT molecular complexity index is 1370. The summed E-state index contributed by atoms with van der Waals surface area (Å²) < 4.78 is 22.3. The maximum atomic E-state index is 12.4. The summed E-state index contributed by atoms with van der Waals surface area (Å²) in [6.45, 7) is 2.38. The summed E-state index contributed by atoms with van der Waals surface area (Å²) in [4.78, 5) is 12.4. The fraction of sp³-hybridized carbons (Fsp3) is 0.214. The molecule has 1 heterocycles. The van der Waals surface area contributed by atoms with Gasteiger partial charge < -0.3 is 24.7 Å². The predicted octanol–water partition coefficient (Wildman–Crippen LogP) is 6.37. The van der Waals surface area contributed by atoms with Gasteiger partial charge in [-0.3, -0.25) is 0 Å². The van der Waals surface area contributed by atoms with Gasteiger partial charge in [-0.15, -0.1) is 0 Å². The molecule has 0 amide bonds. The fourth-order valence-corrected chi connectivity index (χ4v) is 4.29. The highest BCUT2D eigenvalue weighted by Gasteiger charge is 2.31. The lowest BCUT2D eigenvalue weighted by atomic mass is 9.83. The lowest BCUT2D eigenvalue weighted by molar-refractivity contribution is -0.136. The topological polar surface area (TPSA) is 104 Å². The quantitative estimate of drug-likeness (QED) is 0.191. The SMILES string of the molecule is CCCCOc1ccc(C2C(C#N)=C(N)Oc3cc(OC(=O)COc4ccc(Cl)cc4Cl)ccc32)cc1. The van der Waals surface area contributed by atoms with Gasteiger partial charge in [-0.2, -0.15) is 5.26 Å². The van der Waals surface area contributed by atoms with Crippen LogP contribution < -0.4 is 24.7 Å². The van der Waals surface area contributed by atoms with Gasteiger partial charge in [0.2, 0.25) is 5.88 Å². The zero-order valence-electron chi connectivity index (χ0n) is 20.0. The normalized spacial score (nSPS) is 14.3. The first-order valence-corrected chi connectivity index (χ1v) is 12.4. The number of nitrogens with two attached hydrogens (primary N) is 1. The second kappa shape index (κ2) is 11.9. The number of esters is 1. The van der Waals surface area contributed by atoms with E-state index in [1.54, 1.807) is 30.3 Å². The van der Waals surface area contributed by atoms with Crippen LogP contribution in [0.4, 0.5) is 0 Å². The van der Waals surface area contributed by atoms with E-state index in [0.29, 0.717) is 28.7 Å². The van der Waals surface area contributed by atoms with Gasteiger partial charge in [0, 0.05) is 16.7 Å². The molecule has 1 aliphatic rings. The molecule has 0 radical (unpaired) electrons. The van der Waals surface area contributed by atoms with Gasteiger partial charge in [0.15, 0.2) is 6.61 Å². The number of ether oxygens (including phenoxy) is 4. The summed E-state index contributed by atoms with van der Waals surface area (Å²) in [6, 6.07) is 19.3. The highest BCUT2D eigenvalue weighted by molar-refractivity contribution is 6.35. The molecule has 0 fully saturated rings.